The predicted octanol–water partition coefficient (Wildman–Crippen LogP) is 2.86. The summed E-state index contributed by atoms with van der Waals surface area (Å²) >= 11 is 0. The molecule has 0 saturated carbocycles. The third kappa shape index (κ3) is 2.79. The molecule has 0 aromatic heterocycles. The van der Waals surface area contributed by atoms with Crippen LogP contribution in [0.4, 0.5) is 0 Å². The van der Waals surface area contributed by atoms with E-state index in [9.17, 15) is 0 Å². The van der Waals surface area contributed by atoms with Gasteiger partial charge >= 0.3 is 0 Å². The molecular formula is C10H19N. The van der Waals surface area contributed by atoms with Gasteiger partial charge in [0, 0.05) is 12.2 Å². The minimum atomic E-state index is 1.11. The fourth-order valence-corrected chi connectivity index (χ4v) is 1.17. The second-order valence-electron chi connectivity index (χ2n) is 2.19. The average Bonchev–Trinajstić information content (AvgIpc) is 2.54. The van der Waals surface area contributed by atoms with Gasteiger partial charge in [-0.3, -0.25) is 0 Å². The average molecular weight is 153 g/mol. The maximum absolute atomic E-state index is 3.30. The third-order valence-corrected chi connectivity index (χ3v) is 1.69. The van der Waals surface area contributed by atoms with E-state index in [4.69, 9.17) is 0 Å². The molecule has 1 saturated heterocycles. The lowest BCUT2D eigenvalue weighted by Crippen LogP contribution is -2.02. The van der Waals surface area contributed by atoms with Gasteiger partial charge in [-0.1, -0.05) is 26.0 Å². The Morgan fingerprint density at radius 2 is 1.82 bits per heavy atom. The number of hydrogen-bond donors (Lipinski definition) is 1. The molecule has 0 unspecified atom stereocenters. The van der Waals surface area contributed by atoms with Crippen LogP contribution in [-0.2, 0) is 0 Å². The van der Waals surface area contributed by atoms with Gasteiger partial charge in [-0.15, -0.1) is 0 Å². The van der Waals surface area contributed by atoms with E-state index in [1.54, 1.807) is 0 Å². The van der Waals surface area contributed by atoms with Crippen LogP contribution in [0.2, 0.25) is 0 Å². The lowest BCUT2D eigenvalue weighted by Gasteiger charge is -1.96. The first-order valence-electron chi connectivity index (χ1n) is 4.44. The van der Waals surface area contributed by atoms with Crippen molar-refractivity contribution in [2.45, 2.75) is 34.1 Å². The molecule has 0 aromatic carbocycles. The predicted molar refractivity (Wildman–Crippen MR) is 51.5 cm³/mol. The van der Waals surface area contributed by atoms with Gasteiger partial charge in [0.25, 0.3) is 0 Å². The first kappa shape index (κ1) is 10.3. The summed E-state index contributed by atoms with van der Waals surface area (Å²) in [6, 6.07) is 0. The van der Waals surface area contributed by atoms with Gasteiger partial charge in [-0.05, 0) is 25.8 Å². The zero-order chi connectivity index (χ0) is 8.69. The highest BCUT2D eigenvalue weighted by Crippen LogP contribution is 2.16. The van der Waals surface area contributed by atoms with E-state index in [1.165, 1.54) is 17.7 Å². The third-order valence-electron chi connectivity index (χ3n) is 1.69. The van der Waals surface area contributed by atoms with Crippen molar-refractivity contribution in [3.8, 4) is 0 Å². The van der Waals surface area contributed by atoms with Crippen LogP contribution in [0.5, 0.6) is 0 Å². The molecule has 0 amide bonds. The molecule has 11 heavy (non-hydrogen) atoms. The minimum Gasteiger partial charge on any atom is -0.385 e. The highest BCUT2D eigenvalue weighted by Gasteiger charge is 2.08. The molecule has 1 aliphatic heterocycles. The molecule has 1 heteroatoms. The second kappa shape index (κ2) is 6.02. The molecule has 1 heterocycles. The van der Waals surface area contributed by atoms with Gasteiger partial charge in [-0.25, -0.2) is 0 Å². The van der Waals surface area contributed by atoms with E-state index in [-0.39, 0.29) is 0 Å². The largest absolute Gasteiger partial charge is 0.385 e. The van der Waals surface area contributed by atoms with Crippen LogP contribution in [0.1, 0.15) is 34.1 Å². The highest BCUT2D eigenvalue weighted by molar-refractivity contribution is 5.32. The van der Waals surface area contributed by atoms with Crippen molar-refractivity contribution in [3.05, 3.63) is 23.4 Å². The summed E-state index contributed by atoms with van der Waals surface area (Å²) < 4.78 is 0. The Balaban J connectivity index is 0.000000461. The van der Waals surface area contributed by atoms with Crippen molar-refractivity contribution in [1.82, 2.24) is 5.32 Å². The summed E-state index contributed by atoms with van der Waals surface area (Å²) in [5.74, 6) is 0. The molecule has 1 fully saturated rings. The van der Waals surface area contributed by atoms with Crippen molar-refractivity contribution >= 4 is 0 Å². The fourth-order valence-electron chi connectivity index (χ4n) is 1.17. The Morgan fingerprint density at radius 1 is 1.18 bits per heavy atom. The summed E-state index contributed by atoms with van der Waals surface area (Å²) in [6.07, 6.45) is 5.49. The first-order chi connectivity index (χ1) is 5.38. The minimum absolute atomic E-state index is 1.11. The van der Waals surface area contributed by atoms with Gasteiger partial charge in [0.05, 0.1) is 0 Å². The summed E-state index contributed by atoms with van der Waals surface area (Å²) in [7, 11) is 0. The molecule has 0 bridgehead atoms. The Labute approximate surface area is 70.2 Å². The summed E-state index contributed by atoms with van der Waals surface area (Å²) in [5, 5.41) is 3.30. The van der Waals surface area contributed by atoms with Crippen molar-refractivity contribution in [1.29, 1.82) is 0 Å². The van der Waals surface area contributed by atoms with Gasteiger partial charge in [-0.2, -0.15) is 0 Å². The molecule has 0 spiro atoms. The molecule has 1 rings (SSSR count). The smallest absolute Gasteiger partial charge is 0.0326 e. The van der Waals surface area contributed by atoms with Crippen LogP contribution >= 0.6 is 0 Å². The quantitative estimate of drug-likeness (QED) is 0.564. The maximum Gasteiger partial charge on any atom is 0.0326 e. The highest BCUT2D eigenvalue weighted by atomic mass is 14.9. The van der Waals surface area contributed by atoms with Crippen LogP contribution in [0.3, 0.4) is 0 Å². The van der Waals surface area contributed by atoms with Crippen molar-refractivity contribution in [2.75, 3.05) is 6.54 Å². The van der Waals surface area contributed by atoms with Crippen LogP contribution in [0.15, 0.2) is 23.4 Å². The summed E-state index contributed by atoms with van der Waals surface area (Å²) in [4.78, 5) is 0. The molecule has 1 aliphatic rings. The molecule has 0 radical (unpaired) electrons. The molecule has 0 atom stereocenters. The van der Waals surface area contributed by atoms with Gasteiger partial charge in [0.1, 0.15) is 0 Å². The standard InChI is InChI=1S/C8H13N.C2H6/c1-3-7-5-6-9-8(7)4-2;1-2/h3-4,9H,5-6H2,1-2H3;1-2H3/b7-3-,8-4+;. The molecule has 64 valence electrons. The Kier molecular flexibility index (Phi) is 5.63. The zero-order valence-corrected chi connectivity index (χ0v) is 8.07. The van der Waals surface area contributed by atoms with E-state index in [0.717, 1.165) is 6.54 Å². The van der Waals surface area contributed by atoms with Crippen molar-refractivity contribution < 1.29 is 0 Å². The monoisotopic (exact) mass is 153 g/mol. The SMILES string of the molecule is C/C=C1/CCN/C1=C/C.CC. The summed E-state index contributed by atoms with van der Waals surface area (Å²) in [6.45, 7) is 9.27. The number of allylic oxidation sites excluding steroid dienone is 3. The number of nitrogens with one attached hydrogen (secondary N) is 1. The molecule has 1 N–H and O–H groups in total. The van der Waals surface area contributed by atoms with E-state index in [2.05, 4.69) is 31.3 Å². The molecule has 0 aliphatic carbocycles. The lowest BCUT2D eigenvalue weighted by molar-refractivity contribution is 0.913. The topological polar surface area (TPSA) is 12.0 Å². The first-order valence-corrected chi connectivity index (χ1v) is 4.44. The lowest BCUT2D eigenvalue weighted by atomic mass is 10.2. The number of hydrogen-bond acceptors (Lipinski definition) is 1. The van der Waals surface area contributed by atoms with E-state index in [0.29, 0.717) is 0 Å². The van der Waals surface area contributed by atoms with Gasteiger partial charge in [0.15, 0.2) is 0 Å². The Morgan fingerprint density at radius 3 is 2.18 bits per heavy atom. The number of rotatable bonds is 0. The zero-order valence-electron chi connectivity index (χ0n) is 8.07. The van der Waals surface area contributed by atoms with Crippen LogP contribution in [0.25, 0.3) is 0 Å². The summed E-state index contributed by atoms with van der Waals surface area (Å²) in [5.41, 5.74) is 2.77. The van der Waals surface area contributed by atoms with Crippen LogP contribution in [-0.4, -0.2) is 6.54 Å². The Hall–Kier alpha value is -0.720. The molecule has 1 nitrogen and oxygen atoms in total. The molecular weight excluding hydrogens is 134 g/mol. The van der Waals surface area contributed by atoms with Gasteiger partial charge < -0.3 is 5.32 Å². The van der Waals surface area contributed by atoms with Crippen molar-refractivity contribution in [2.24, 2.45) is 0 Å². The second-order valence-corrected chi connectivity index (χ2v) is 2.19. The van der Waals surface area contributed by atoms with E-state index < -0.39 is 0 Å². The van der Waals surface area contributed by atoms with E-state index >= 15 is 0 Å². The van der Waals surface area contributed by atoms with Crippen LogP contribution < -0.4 is 5.32 Å². The maximum atomic E-state index is 3.30. The van der Waals surface area contributed by atoms with E-state index in [1.807, 2.05) is 13.8 Å². The van der Waals surface area contributed by atoms with Gasteiger partial charge in [0.2, 0.25) is 0 Å². The Bertz CT molecular complexity index is 136. The fraction of sp³-hybridized carbons (Fsp3) is 0.600. The van der Waals surface area contributed by atoms with Crippen molar-refractivity contribution in [3.63, 3.8) is 0 Å². The van der Waals surface area contributed by atoms with Crippen LogP contribution in [0, 0.1) is 0 Å². The molecule has 0 aromatic rings. The normalized spacial score (nSPS) is 22.9.